The van der Waals surface area contributed by atoms with Gasteiger partial charge in [-0.15, -0.1) is 0 Å². The van der Waals surface area contributed by atoms with E-state index in [9.17, 15) is 24.3 Å². The monoisotopic (exact) mass is 694 g/mol. The van der Waals surface area contributed by atoms with E-state index in [0.717, 1.165) is 22.0 Å². The number of amides is 3. The van der Waals surface area contributed by atoms with Gasteiger partial charge in [0.2, 0.25) is 17.7 Å². The Morgan fingerprint density at radius 3 is 2.39 bits per heavy atom. The molecule has 3 amide bonds. The SMILES string of the molecule is C/C1=C\C(C)CC(C)OC(=O)C[C@H](c2ccc(O)cc2)NC(=O)C(Cc2c(Br)[nH]c3ccccc23)N(C)C(=O)C(C)NC(=O)CC1. The fraction of sp³-hybridized carbons (Fsp3) is 0.429. The Labute approximate surface area is 278 Å². The number of halogens is 1. The van der Waals surface area contributed by atoms with E-state index in [1.807, 2.05) is 45.0 Å². The topological polar surface area (TPSA) is 141 Å². The number of allylic oxidation sites excluding steroid dienone is 2. The number of aromatic hydroxyl groups is 1. The molecule has 2 aromatic carbocycles. The van der Waals surface area contributed by atoms with E-state index in [-0.39, 0.29) is 42.9 Å². The lowest BCUT2D eigenvalue weighted by atomic mass is 9.99. The Kier molecular flexibility index (Phi) is 11.7. The van der Waals surface area contributed by atoms with Crippen molar-refractivity contribution >= 4 is 50.5 Å². The predicted molar refractivity (Wildman–Crippen MR) is 180 cm³/mol. The van der Waals surface area contributed by atoms with Crippen LogP contribution in [-0.2, 0) is 30.3 Å². The lowest BCUT2D eigenvalue weighted by Crippen LogP contribution is -2.54. The molecule has 1 aliphatic rings. The number of hydrogen-bond acceptors (Lipinski definition) is 6. The van der Waals surface area contributed by atoms with Crippen LogP contribution in [0.25, 0.3) is 10.9 Å². The number of phenols is 1. The van der Waals surface area contributed by atoms with E-state index in [0.29, 0.717) is 23.0 Å². The first-order valence-corrected chi connectivity index (χ1v) is 16.4. The number of H-pyrrole nitrogens is 1. The van der Waals surface area contributed by atoms with Crippen molar-refractivity contribution in [1.29, 1.82) is 0 Å². The third-order valence-electron chi connectivity index (χ3n) is 8.36. The highest BCUT2D eigenvalue weighted by molar-refractivity contribution is 9.10. The minimum absolute atomic E-state index is 0.0446. The number of ether oxygens (including phenoxy) is 1. The molecule has 11 heteroatoms. The quantitative estimate of drug-likeness (QED) is 0.212. The van der Waals surface area contributed by atoms with E-state index in [2.05, 4.69) is 37.6 Å². The molecule has 0 saturated carbocycles. The van der Waals surface area contributed by atoms with Crippen LogP contribution in [0.1, 0.15) is 70.5 Å². The number of hydrogen-bond donors (Lipinski definition) is 4. The van der Waals surface area contributed by atoms with Gasteiger partial charge in [-0.1, -0.05) is 48.9 Å². The van der Waals surface area contributed by atoms with E-state index in [4.69, 9.17) is 4.74 Å². The van der Waals surface area contributed by atoms with Crippen LogP contribution in [0.3, 0.4) is 0 Å². The summed E-state index contributed by atoms with van der Waals surface area (Å²) in [5.74, 6) is -1.53. The molecule has 0 bridgehead atoms. The third-order valence-corrected chi connectivity index (χ3v) is 9.04. The lowest BCUT2D eigenvalue weighted by molar-refractivity contribution is -0.149. The van der Waals surface area contributed by atoms with Crippen LogP contribution in [0.2, 0.25) is 0 Å². The number of esters is 1. The van der Waals surface area contributed by atoms with Crippen molar-refractivity contribution in [3.8, 4) is 5.75 Å². The van der Waals surface area contributed by atoms with Gasteiger partial charge in [0.1, 0.15) is 17.8 Å². The highest BCUT2D eigenvalue weighted by Gasteiger charge is 2.34. The second kappa shape index (κ2) is 15.4. The van der Waals surface area contributed by atoms with Crippen molar-refractivity contribution in [3.05, 3.63) is 75.9 Å². The van der Waals surface area contributed by atoms with E-state index >= 15 is 0 Å². The number of para-hydroxylation sites is 1. The number of benzene rings is 2. The van der Waals surface area contributed by atoms with Crippen molar-refractivity contribution in [3.63, 3.8) is 0 Å². The molecule has 0 spiro atoms. The van der Waals surface area contributed by atoms with Gasteiger partial charge in [0.05, 0.1) is 23.2 Å². The van der Waals surface area contributed by atoms with Crippen molar-refractivity contribution < 1.29 is 29.0 Å². The van der Waals surface area contributed by atoms with Crippen LogP contribution in [0, 0.1) is 5.92 Å². The molecule has 46 heavy (non-hydrogen) atoms. The van der Waals surface area contributed by atoms with Gasteiger partial charge in [-0.3, -0.25) is 19.2 Å². The number of phenolic OH excluding ortho intramolecular Hbond substituents is 1. The van der Waals surface area contributed by atoms with Gasteiger partial charge in [0.15, 0.2) is 0 Å². The summed E-state index contributed by atoms with van der Waals surface area (Å²) in [6, 6.07) is 11.2. The molecule has 2 heterocycles. The van der Waals surface area contributed by atoms with Gasteiger partial charge >= 0.3 is 5.97 Å². The van der Waals surface area contributed by atoms with E-state index in [1.165, 1.54) is 17.0 Å². The second-order valence-electron chi connectivity index (χ2n) is 12.3. The van der Waals surface area contributed by atoms with Crippen molar-refractivity contribution in [2.75, 3.05) is 7.05 Å². The number of fused-ring (bicyclic) bond motifs is 1. The number of carbonyl (C=O) groups excluding carboxylic acids is 4. The molecule has 4 rings (SSSR count). The standard InChI is InChI=1S/C35H43BrN4O6/c1-20-10-15-31(42)37-23(4)35(45)40(5)30(18-27-26-8-6-7-9-28(26)38-33(27)36)34(44)39-29(24-11-13-25(41)14-12-24)19-32(43)46-22(3)17-21(2)16-20/h6-9,11-14,16,21-23,29-30,38,41H,10,15,17-19H2,1-5H3,(H,37,42)(H,39,44)/b20-16+/t21?,22?,23?,29-,30?/m1/s1. The summed E-state index contributed by atoms with van der Waals surface area (Å²) in [5.41, 5.74) is 3.29. The Morgan fingerprint density at radius 1 is 0.978 bits per heavy atom. The molecule has 0 fully saturated rings. The Hall–Kier alpha value is -4.12. The van der Waals surface area contributed by atoms with E-state index < -0.39 is 35.9 Å². The van der Waals surface area contributed by atoms with Crippen LogP contribution in [0.15, 0.2) is 64.8 Å². The molecular formula is C35H43BrN4O6. The molecule has 0 aliphatic carbocycles. The Balaban J connectivity index is 1.72. The smallest absolute Gasteiger partial charge is 0.308 e. The van der Waals surface area contributed by atoms with Gasteiger partial charge < -0.3 is 30.4 Å². The first kappa shape index (κ1) is 34.7. The summed E-state index contributed by atoms with van der Waals surface area (Å²) in [4.78, 5) is 58.7. The molecule has 1 aromatic heterocycles. The predicted octanol–water partition coefficient (Wildman–Crippen LogP) is 5.46. The van der Waals surface area contributed by atoms with Crippen molar-refractivity contribution in [2.24, 2.45) is 5.92 Å². The molecular weight excluding hydrogens is 652 g/mol. The highest BCUT2D eigenvalue weighted by Crippen LogP contribution is 2.29. The molecule has 1 aliphatic heterocycles. The van der Waals surface area contributed by atoms with Gasteiger partial charge in [-0.2, -0.15) is 0 Å². The third kappa shape index (κ3) is 8.99. The van der Waals surface area contributed by atoms with Crippen LogP contribution < -0.4 is 10.6 Å². The maximum atomic E-state index is 14.2. The highest BCUT2D eigenvalue weighted by atomic mass is 79.9. The summed E-state index contributed by atoms with van der Waals surface area (Å²) < 4.78 is 6.45. The summed E-state index contributed by atoms with van der Waals surface area (Å²) in [6.07, 6.45) is 2.99. The average molecular weight is 696 g/mol. The number of aromatic nitrogens is 1. The lowest BCUT2D eigenvalue weighted by Gasteiger charge is -2.31. The van der Waals surface area contributed by atoms with Crippen LogP contribution in [0.5, 0.6) is 5.75 Å². The zero-order chi connectivity index (χ0) is 33.5. The maximum Gasteiger partial charge on any atom is 0.308 e. The molecule has 246 valence electrons. The number of rotatable bonds is 3. The zero-order valence-electron chi connectivity index (χ0n) is 26.9. The van der Waals surface area contributed by atoms with Gasteiger partial charge in [0.25, 0.3) is 0 Å². The molecule has 0 saturated heterocycles. The number of likely N-dealkylation sites (N-methyl/N-ethyl adjacent to an activating group) is 1. The molecule has 4 unspecified atom stereocenters. The molecule has 10 nitrogen and oxygen atoms in total. The average Bonchev–Trinajstić information content (AvgIpc) is 3.31. The molecule has 3 aromatic rings. The van der Waals surface area contributed by atoms with Gasteiger partial charge in [0, 0.05) is 30.8 Å². The fourth-order valence-corrected chi connectivity index (χ4v) is 6.57. The number of cyclic esters (lactones) is 1. The van der Waals surface area contributed by atoms with E-state index in [1.54, 1.807) is 26.1 Å². The van der Waals surface area contributed by atoms with Crippen molar-refractivity contribution in [2.45, 2.75) is 84.0 Å². The summed E-state index contributed by atoms with van der Waals surface area (Å²) >= 11 is 3.59. The van der Waals surface area contributed by atoms with Crippen LogP contribution >= 0.6 is 15.9 Å². The molecule has 0 radical (unpaired) electrons. The minimum atomic E-state index is -1.01. The maximum absolute atomic E-state index is 14.2. The van der Waals surface area contributed by atoms with Crippen LogP contribution in [0.4, 0.5) is 0 Å². The molecule has 5 atom stereocenters. The van der Waals surface area contributed by atoms with Gasteiger partial charge in [-0.25, -0.2) is 0 Å². The van der Waals surface area contributed by atoms with Crippen molar-refractivity contribution in [1.82, 2.24) is 20.5 Å². The summed E-state index contributed by atoms with van der Waals surface area (Å²) in [5, 5.41) is 16.6. The second-order valence-corrected chi connectivity index (χ2v) is 13.1. The summed E-state index contributed by atoms with van der Waals surface area (Å²) in [7, 11) is 1.54. The van der Waals surface area contributed by atoms with Gasteiger partial charge in [-0.05, 0) is 84.8 Å². The number of carbonyl (C=O) groups is 4. The number of aromatic amines is 1. The Bertz CT molecular complexity index is 1600. The first-order chi connectivity index (χ1) is 21.8. The largest absolute Gasteiger partial charge is 0.508 e. The zero-order valence-corrected chi connectivity index (χ0v) is 28.5. The fourth-order valence-electron chi connectivity index (χ4n) is 5.99. The number of nitrogens with one attached hydrogen (secondary N) is 3. The van der Waals surface area contributed by atoms with Crippen LogP contribution in [-0.4, -0.2) is 63.9 Å². The first-order valence-electron chi connectivity index (χ1n) is 15.6. The Morgan fingerprint density at radius 2 is 1.67 bits per heavy atom. The number of nitrogens with zero attached hydrogens (tertiary/aromatic N) is 1. The normalized spacial score (nSPS) is 25.8. The minimum Gasteiger partial charge on any atom is -0.508 e. The summed E-state index contributed by atoms with van der Waals surface area (Å²) in [6.45, 7) is 7.42. The molecule has 4 N–H and O–H groups in total.